The number of benzene rings is 1. The summed E-state index contributed by atoms with van der Waals surface area (Å²) in [4.78, 5) is 8.89. The van der Waals surface area contributed by atoms with E-state index in [9.17, 15) is 8.42 Å². The average molecular weight is 479 g/mol. The van der Waals surface area contributed by atoms with Gasteiger partial charge in [-0.2, -0.15) is 5.10 Å². The van der Waals surface area contributed by atoms with Crippen molar-refractivity contribution in [2.45, 2.75) is 6.92 Å². The molecule has 1 aromatic carbocycles. The molecule has 144 valence electrons. The van der Waals surface area contributed by atoms with E-state index in [0.717, 1.165) is 15.7 Å². The maximum Gasteiger partial charge on any atom is 0.267 e. The Morgan fingerprint density at radius 1 is 1.25 bits per heavy atom. The number of aromatic nitrogens is 4. The van der Waals surface area contributed by atoms with E-state index >= 15 is 0 Å². The van der Waals surface area contributed by atoms with Crippen molar-refractivity contribution < 1.29 is 8.42 Å². The molecule has 11 heteroatoms. The van der Waals surface area contributed by atoms with Gasteiger partial charge in [-0.05, 0) is 37.3 Å². The minimum atomic E-state index is -3.64. The molecule has 0 spiro atoms. The van der Waals surface area contributed by atoms with Gasteiger partial charge in [-0.3, -0.25) is 9.82 Å². The first-order chi connectivity index (χ1) is 13.3. The summed E-state index contributed by atoms with van der Waals surface area (Å²) in [5.41, 5.74) is 8.25. The van der Waals surface area contributed by atoms with Crippen molar-refractivity contribution >= 4 is 60.3 Å². The lowest BCUT2D eigenvalue weighted by molar-refractivity contribution is 0.609. The molecule has 4 rings (SSSR count). The first-order valence-corrected chi connectivity index (χ1v) is 11.4. The van der Waals surface area contributed by atoms with Crippen molar-refractivity contribution in [1.29, 1.82) is 0 Å². The highest BCUT2D eigenvalue weighted by molar-refractivity contribution is 9.11. The Morgan fingerprint density at radius 2 is 2.00 bits per heavy atom. The van der Waals surface area contributed by atoms with E-state index in [0.29, 0.717) is 34.1 Å². The molecule has 28 heavy (non-hydrogen) atoms. The highest BCUT2D eigenvalue weighted by atomic mass is 79.9. The SMILES string of the molecule is Cc1nc(-c2ccc(NS(=O)(=O)C3=CC(Br)=CCS3)cc2)nc2n[nH]c(N)c12. The zero-order valence-corrected chi connectivity index (χ0v) is 17.8. The number of nitrogens with one attached hydrogen (secondary N) is 2. The molecule has 0 atom stereocenters. The fourth-order valence-corrected chi connectivity index (χ4v) is 6.04. The summed E-state index contributed by atoms with van der Waals surface area (Å²) < 4.78 is 28.7. The Morgan fingerprint density at radius 3 is 2.71 bits per heavy atom. The third kappa shape index (κ3) is 3.64. The second-order valence-corrected chi connectivity index (χ2v) is 9.90. The molecule has 4 N–H and O–H groups in total. The van der Waals surface area contributed by atoms with Crippen LogP contribution in [0.15, 0.2) is 45.1 Å². The lowest BCUT2D eigenvalue weighted by Gasteiger charge is -2.13. The maximum absolute atomic E-state index is 12.6. The second kappa shape index (κ2) is 7.22. The van der Waals surface area contributed by atoms with Crippen molar-refractivity contribution in [2.24, 2.45) is 0 Å². The van der Waals surface area contributed by atoms with Crippen molar-refractivity contribution in [3.05, 3.63) is 50.8 Å². The molecule has 3 aromatic rings. The summed E-state index contributed by atoms with van der Waals surface area (Å²) in [7, 11) is -3.64. The molecule has 1 aliphatic heterocycles. The number of thioether (sulfide) groups is 1. The van der Waals surface area contributed by atoms with Crippen LogP contribution in [0.2, 0.25) is 0 Å². The van der Waals surface area contributed by atoms with Crippen LogP contribution >= 0.6 is 27.7 Å². The van der Waals surface area contributed by atoms with Gasteiger partial charge in [0.25, 0.3) is 10.0 Å². The summed E-state index contributed by atoms with van der Waals surface area (Å²) in [6.45, 7) is 1.84. The first-order valence-electron chi connectivity index (χ1n) is 8.15. The normalized spacial score (nSPS) is 14.6. The Labute approximate surface area is 173 Å². The molecule has 0 saturated carbocycles. The molecule has 0 saturated heterocycles. The van der Waals surface area contributed by atoms with Gasteiger partial charge in [0.1, 0.15) is 10.1 Å². The molecule has 1 aliphatic rings. The number of H-pyrrole nitrogens is 1. The predicted octanol–water partition coefficient (Wildman–Crippen LogP) is 3.52. The van der Waals surface area contributed by atoms with Gasteiger partial charge in [-0.1, -0.05) is 22.0 Å². The summed E-state index contributed by atoms with van der Waals surface area (Å²) in [6.07, 6.45) is 3.50. The highest BCUT2D eigenvalue weighted by Gasteiger charge is 2.20. The standard InChI is InChI=1S/C17H15BrN6O2S2/c1-9-14-15(19)22-23-17(14)21-16(20-9)10-2-4-12(5-3-10)24-28(25,26)13-8-11(18)6-7-27-13/h2-6,8,24H,7H2,1H3,(H3,19,20,21,22,23). The number of hydrogen-bond donors (Lipinski definition) is 3. The van der Waals surface area contributed by atoms with Crippen LogP contribution in [-0.4, -0.2) is 34.3 Å². The van der Waals surface area contributed by atoms with Crippen molar-refractivity contribution in [2.75, 3.05) is 16.2 Å². The van der Waals surface area contributed by atoms with Gasteiger partial charge in [0.05, 0.1) is 11.1 Å². The number of sulfonamides is 1. The van der Waals surface area contributed by atoms with Crippen molar-refractivity contribution in [1.82, 2.24) is 20.2 Å². The zero-order chi connectivity index (χ0) is 19.9. The number of rotatable bonds is 4. The Hall–Kier alpha value is -2.37. The van der Waals surface area contributed by atoms with Gasteiger partial charge in [0, 0.05) is 21.5 Å². The number of hydrogen-bond acceptors (Lipinski definition) is 7. The van der Waals surface area contributed by atoms with Gasteiger partial charge >= 0.3 is 0 Å². The number of aromatic amines is 1. The monoisotopic (exact) mass is 478 g/mol. The lowest BCUT2D eigenvalue weighted by Crippen LogP contribution is -2.14. The topological polar surface area (TPSA) is 127 Å². The molecule has 0 unspecified atom stereocenters. The Kier molecular flexibility index (Phi) is 4.89. The van der Waals surface area contributed by atoms with Crippen molar-refractivity contribution in [3.63, 3.8) is 0 Å². The number of fused-ring (bicyclic) bond motifs is 1. The van der Waals surface area contributed by atoms with Crippen LogP contribution in [0.3, 0.4) is 0 Å². The molecule has 0 amide bonds. The molecule has 8 nitrogen and oxygen atoms in total. The highest BCUT2D eigenvalue weighted by Crippen LogP contribution is 2.32. The zero-order valence-electron chi connectivity index (χ0n) is 14.6. The third-order valence-corrected chi connectivity index (χ3v) is 7.49. The molecular weight excluding hydrogens is 464 g/mol. The molecule has 0 aliphatic carbocycles. The maximum atomic E-state index is 12.6. The number of nitrogen functional groups attached to an aromatic ring is 1. The summed E-state index contributed by atoms with van der Waals surface area (Å²) in [6, 6.07) is 6.86. The fraction of sp³-hybridized carbons (Fsp3) is 0.118. The lowest BCUT2D eigenvalue weighted by atomic mass is 10.2. The van der Waals surface area contributed by atoms with E-state index in [-0.39, 0.29) is 4.24 Å². The third-order valence-electron chi connectivity index (χ3n) is 4.04. The van der Waals surface area contributed by atoms with Crippen LogP contribution in [0.25, 0.3) is 22.4 Å². The van der Waals surface area contributed by atoms with Gasteiger partial charge < -0.3 is 5.73 Å². The fourth-order valence-electron chi connectivity index (χ4n) is 2.72. The van der Waals surface area contributed by atoms with E-state index in [1.165, 1.54) is 11.8 Å². The van der Waals surface area contributed by atoms with Crippen LogP contribution in [0.4, 0.5) is 11.5 Å². The largest absolute Gasteiger partial charge is 0.383 e. The number of aryl methyl sites for hydroxylation is 1. The van der Waals surface area contributed by atoms with Crippen LogP contribution in [0, 0.1) is 6.92 Å². The van der Waals surface area contributed by atoms with E-state index in [1.807, 2.05) is 13.0 Å². The van der Waals surface area contributed by atoms with Crippen molar-refractivity contribution in [3.8, 4) is 11.4 Å². The first kappa shape index (κ1) is 19.0. The summed E-state index contributed by atoms with van der Waals surface area (Å²) >= 11 is 4.58. The predicted molar refractivity (Wildman–Crippen MR) is 116 cm³/mol. The summed E-state index contributed by atoms with van der Waals surface area (Å²) in [5.74, 6) is 1.52. The van der Waals surface area contributed by atoms with E-state index < -0.39 is 10.0 Å². The molecular formula is C17H15BrN6O2S2. The average Bonchev–Trinajstić information content (AvgIpc) is 3.03. The van der Waals surface area contributed by atoms with Gasteiger partial charge in [-0.15, -0.1) is 11.8 Å². The number of nitrogens with two attached hydrogens (primary N) is 1. The van der Waals surface area contributed by atoms with E-state index in [4.69, 9.17) is 5.73 Å². The van der Waals surface area contributed by atoms with Gasteiger partial charge in [-0.25, -0.2) is 18.4 Å². The molecule has 0 radical (unpaired) electrons. The van der Waals surface area contributed by atoms with Crippen LogP contribution in [0.1, 0.15) is 5.69 Å². The minimum absolute atomic E-state index is 0.270. The number of nitrogens with zero attached hydrogens (tertiary/aromatic N) is 3. The minimum Gasteiger partial charge on any atom is -0.383 e. The quantitative estimate of drug-likeness (QED) is 0.523. The molecule has 0 fully saturated rings. The summed E-state index contributed by atoms with van der Waals surface area (Å²) in [5, 5.41) is 7.48. The van der Waals surface area contributed by atoms with Gasteiger partial charge in [0.15, 0.2) is 11.5 Å². The molecule has 2 aromatic heterocycles. The Balaban J connectivity index is 1.60. The second-order valence-electron chi connectivity index (χ2n) is 6.01. The number of anilines is 2. The Bertz CT molecular complexity index is 1230. The molecule has 3 heterocycles. The van der Waals surface area contributed by atoms with Crippen LogP contribution in [-0.2, 0) is 10.0 Å². The number of allylic oxidation sites excluding steroid dienone is 2. The molecule has 0 bridgehead atoms. The van der Waals surface area contributed by atoms with Crippen LogP contribution < -0.4 is 10.5 Å². The van der Waals surface area contributed by atoms with E-state index in [1.54, 1.807) is 30.3 Å². The van der Waals surface area contributed by atoms with E-state index in [2.05, 4.69) is 40.8 Å². The van der Waals surface area contributed by atoms with Gasteiger partial charge in [0.2, 0.25) is 0 Å². The smallest absolute Gasteiger partial charge is 0.267 e. The number of halogens is 1. The van der Waals surface area contributed by atoms with Crippen LogP contribution in [0.5, 0.6) is 0 Å².